The summed E-state index contributed by atoms with van der Waals surface area (Å²) in [5.41, 5.74) is 6.82. The molecular weight excluding hydrogens is 212 g/mol. The van der Waals surface area contributed by atoms with Gasteiger partial charge in [-0.15, -0.1) is 0 Å². The predicted molar refractivity (Wildman–Crippen MR) is 71.2 cm³/mol. The molecule has 2 aromatic rings. The number of nitrogens with zero attached hydrogens (tertiary/aromatic N) is 2. The van der Waals surface area contributed by atoms with E-state index in [1.54, 1.807) is 0 Å². The van der Waals surface area contributed by atoms with E-state index >= 15 is 0 Å². The Bertz CT molecular complexity index is 532. The zero-order chi connectivity index (χ0) is 11.7. The van der Waals surface area contributed by atoms with Gasteiger partial charge in [0.05, 0.1) is 0 Å². The fourth-order valence-electron chi connectivity index (χ4n) is 2.34. The lowest BCUT2D eigenvalue weighted by atomic mass is 10.1. The van der Waals surface area contributed by atoms with Crippen molar-refractivity contribution in [2.45, 2.75) is 0 Å². The average molecular weight is 228 g/mol. The Kier molecular flexibility index (Phi) is 2.57. The molecule has 0 aliphatic carbocycles. The molecule has 2 heterocycles. The third-order valence-electron chi connectivity index (χ3n) is 3.24. The van der Waals surface area contributed by atoms with Crippen LogP contribution in [0.15, 0.2) is 30.5 Å². The standard InChI is InChI=1S/C13H16N4/c14-12-3-1-2-11-10(12)4-5-16-13(11)17-8-6-15-7-9-17/h1-5,15H,6-9,14H2. The fourth-order valence-corrected chi connectivity index (χ4v) is 2.34. The Hall–Kier alpha value is -1.81. The van der Waals surface area contributed by atoms with Gasteiger partial charge >= 0.3 is 0 Å². The lowest BCUT2D eigenvalue weighted by molar-refractivity contribution is 0.586. The Morgan fingerprint density at radius 1 is 1.12 bits per heavy atom. The number of anilines is 2. The molecule has 1 aromatic heterocycles. The quantitative estimate of drug-likeness (QED) is 0.721. The van der Waals surface area contributed by atoms with E-state index in [0.717, 1.165) is 48.5 Å². The van der Waals surface area contributed by atoms with Gasteiger partial charge in [-0.05, 0) is 12.1 Å². The van der Waals surface area contributed by atoms with Gasteiger partial charge in [0.15, 0.2) is 0 Å². The number of nitrogen functional groups attached to an aromatic ring is 1. The molecule has 0 amide bonds. The van der Waals surface area contributed by atoms with Gasteiger partial charge in [0.1, 0.15) is 5.82 Å². The van der Waals surface area contributed by atoms with Crippen LogP contribution in [0.4, 0.5) is 11.5 Å². The molecule has 0 radical (unpaired) electrons. The summed E-state index contributed by atoms with van der Waals surface area (Å²) in [4.78, 5) is 6.83. The summed E-state index contributed by atoms with van der Waals surface area (Å²) < 4.78 is 0. The van der Waals surface area contributed by atoms with Gasteiger partial charge in [-0.25, -0.2) is 4.98 Å². The van der Waals surface area contributed by atoms with Crippen molar-refractivity contribution in [1.29, 1.82) is 0 Å². The second-order valence-electron chi connectivity index (χ2n) is 4.31. The van der Waals surface area contributed by atoms with E-state index < -0.39 is 0 Å². The minimum absolute atomic E-state index is 0.821. The summed E-state index contributed by atoms with van der Waals surface area (Å²) >= 11 is 0. The van der Waals surface area contributed by atoms with Gasteiger partial charge in [-0.1, -0.05) is 12.1 Å². The highest BCUT2D eigenvalue weighted by atomic mass is 15.2. The Morgan fingerprint density at radius 3 is 2.76 bits per heavy atom. The molecule has 0 atom stereocenters. The van der Waals surface area contributed by atoms with E-state index in [0.29, 0.717) is 0 Å². The van der Waals surface area contributed by atoms with E-state index in [2.05, 4.69) is 21.3 Å². The van der Waals surface area contributed by atoms with Crippen LogP contribution in [0.3, 0.4) is 0 Å². The largest absolute Gasteiger partial charge is 0.398 e. The van der Waals surface area contributed by atoms with Crippen molar-refractivity contribution in [1.82, 2.24) is 10.3 Å². The summed E-state index contributed by atoms with van der Waals surface area (Å²) in [6, 6.07) is 8.00. The van der Waals surface area contributed by atoms with Crippen LogP contribution < -0.4 is 16.0 Å². The van der Waals surface area contributed by atoms with Gasteiger partial charge in [-0.2, -0.15) is 0 Å². The summed E-state index contributed by atoms with van der Waals surface area (Å²) in [6.07, 6.45) is 1.84. The molecule has 0 unspecified atom stereocenters. The molecule has 4 heteroatoms. The first-order chi connectivity index (χ1) is 8.36. The highest BCUT2D eigenvalue weighted by Crippen LogP contribution is 2.28. The highest BCUT2D eigenvalue weighted by molar-refractivity contribution is 5.99. The Balaban J connectivity index is 2.12. The minimum atomic E-state index is 0.821. The number of aromatic nitrogens is 1. The molecule has 1 aliphatic rings. The third-order valence-corrected chi connectivity index (χ3v) is 3.24. The maximum absolute atomic E-state index is 6.00. The average Bonchev–Trinajstić information content (AvgIpc) is 2.40. The van der Waals surface area contributed by atoms with Crippen molar-refractivity contribution in [3.8, 4) is 0 Å². The van der Waals surface area contributed by atoms with Crippen LogP contribution in [0.1, 0.15) is 0 Å². The van der Waals surface area contributed by atoms with Crippen molar-refractivity contribution in [3.05, 3.63) is 30.5 Å². The third kappa shape index (κ3) is 1.80. The molecule has 1 saturated heterocycles. The Morgan fingerprint density at radius 2 is 1.94 bits per heavy atom. The van der Waals surface area contributed by atoms with Crippen LogP contribution in [0.25, 0.3) is 10.8 Å². The summed E-state index contributed by atoms with van der Waals surface area (Å²) in [5.74, 6) is 1.05. The molecule has 3 rings (SSSR count). The van der Waals surface area contributed by atoms with E-state index in [1.807, 2.05) is 24.4 Å². The monoisotopic (exact) mass is 228 g/mol. The van der Waals surface area contributed by atoms with Crippen LogP contribution >= 0.6 is 0 Å². The molecule has 0 bridgehead atoms. The zero-order valence-electron chi connectivity index (χ0n) is 9.69. The van der Waals surface area contributed by atoms with Crippen LogP contribution in [-0.4, -0.2) is 31.2 Å². The van der Waals surface area contributed by atoms with Crippen molar-refractivity contribution in [2.24, 2.45) is 0 Å². The van der Waals surface area contributed by atoms with Gasteiger partial charge in [-0.3, -0.25) is 0 Å². The first kappa shape index (κ1) is 10.4. The maximum Gasteiger partial charge on any atom is 0.136 e. The molecule has 0 saturated carbocycles. The Labute approximate surface area is 100 Å². The summed E-state index contributed by atoms with van der Waals surface area (Å²) in [7, 11) is 0. The zero-order valence-corrected chi connectivity index (χ0v) is 9.69. The normalized spacial score (nSPS) is 16.4. The van der Waals surface area contributed by atoms with E-state index in [-0.39, 0.29) is 0 Å². The first-order valence-corrected chi connectivity index (χ1v) is 5.95. The molecular formula is C13H16N4. The highest BCUT2D eigenvalue weighted by Gasteiger charge is 2.14. The van der Waals surface area contributed by atoms with E-state index in [1.165, 1.54) is 0 Å². The number of fused-ring (bicyclic) bond motifs is 1. The number of hydrogen-bond donors (Lipinski definition) is 2. The molecule has 4 nitrogen and oxygen atoms in total. The molecule has 3 N–H and O–H groups in total. The van der Waals surface area contributed by atoms with Crippen molar-refractivity contribution in [3.63, 3.8) is 0 Å². The predicted octanol–water partition coefficient (Wildman–Crippen LogP) is 1.23. The van der Waals surface area contributed by atoms with Gasteiger partial charge in [0.2, 0.25) is 0 Å². The molecule has 1 aromatic carbocycles. The van der Waals surface area contributed by atoms with Crippen LogP contribution in [0, 0.1) is 0 Å². The maximum atomic E-state index is 6.00. The molecule has 0 spiro atoms. The van der Waals surface area contributed by atoms with Gasteiger partial charge < -0.3 is 16.0 Å². The smallest absolute Gasteiger partial charge is 0.136 e. The summed E-state index contributed by atoms with van der Waals surface area (Å²) in [5, 5.41) is 5.59. The number of hydrogen-bond acceptors (Lipinski definition) is 4. The number of piperazine rings is 1. The van der Waals surface area contributed by atoms with Crippen molar-refractivity contribution < 1.29 is 0 Å². The minimum Gasteiger partial charge on any atom is -0.398 e. The number of pyridine rings is 1. The molecule has 1 aliphatic heterocycles. The molecule has 1 fully saturated rings. The lowest BCUT2D eigenvalue weighted by Gasteiger charge is -2.29. The second kappa shape index (κ2) is 4.22. The van der Waals surface area contributed by atoms with Crippen molar-refractivity contribution in [2.75, 3.05) is 36.8 Å². The van der Waals surface area contributed by atoms with E-state index in [9.17, 15) is 0 Å². The lowest BCUT2D eigenvalue weighted by Crippen LogP contribution is -2.43. The summed E-state index contributed by atoms with van der Waals surface area (Å²) in [6.45, 7) is 4.03. The molecule has 17 heavy (non-hydrogen) atoms. The first-order valence-electron chi connectivity index (χ1n) is 5.95. The SMILES string of the molecule is Nc1cccc2c(N3CCNCC3)nccc12. The van der Waals surface area contributed by atoms with Crippen LogP contribution in [-0.2, 0) is 0 Å². The number of benzene rings is 1. The number of rotatable bonds is 1. The fraction of sp³-hybridized carbons (Fsp3) is 0.308. The van der Waals surface area contributed by atoms with E-state index in [4.69, 9.17) is 5.73 Å². The number of nitrogens with two attached hydrogens (primary N) is 1. The number of nitrogens with one attached hydrogen (secondary N) is 1. The molecule has 88 valence electrons. The second-order valence-corrected chi connectivity index (χ2v) is 4.31. The van der Waals surface area contributed by atoms with Crippen molar-refractivity contribution >= 4 is 22.3 Å². The van der Waals surface area contributed by atoms with Crippen LogP contribution in [0.2, 0.25) is 0 Å². The van der Waals surface area contributed by atoms with Gasteiger partial charge in [0.25, 0.3) is 0 Å². The topological polar surface area (TPSA) is 54.2 Å². The van der Waals surface area contributed by atoms with Gasteiger partial charge in [0, 0.05) is 48.8 Å². The van der Waals surface area contributed by atoms with Crippen LogP contribution in [0.5, 0.6) is 0 Å².